The van der Waals surface area contributed by atoms with Crippen LogP contribution in [0.15, 0.2) is 23.3 Å². The maximum Gasteiger partial charge on any atom is 0.287 e. The number of benzene rings is 1. The average molecular weight is 363 g/mol. The van der Waals surface area contributed by atoms with Crippen LogP contribution in [0.25, 0.3) is 0 Å². The van der Waals surface area contributed by atoms with Crippen LogP contribution in [0, 0.1) is 5.92 Å². The van der Waals surface area contributed by atoms with Gasteiger partial charge in [0.25, 0.3) is 6.43 Å². The first kappa shape index (κ1) is 16.6. The van der Waals surface area contributed by atoms with Crippen LogP contribution in [0.2, 0.25) is 10.0 Å². The smallest absolute Gasteiger partial charge is 0.287 e. The van der Waals surface area contributed by atoms with E-state index in [0.29, 0.717) is 16.3 Å². The van der Waals surface area contributed by atoms with Gasteiger partial charge >= 0.3 is 0 Å². The van der Waals surface area contributed by atoms with Crippen LogP contribution in [0.3, 0.4) is 0 Å². The van der Waals surface area contributed by atoms with Crippen molar-refractivity contribution in [1.82, 2.24) is 5.01 Å². The minimum Gasteiger partial charge on any atom is -0.364 e. The Kier molecular flexibility index (Phi) is 4.33. The third-order valence-corrected chi connectivity index (χ3v) is 4.77. The van der Waals surface area contributed by atoms with Crippen LogP contribution in [0.1, 0.15) is 24.8 Å². The van der Waals surface area contributed by atoms with Crippen molar-refractivity contribution in [3.8, 4) is 0 Å². The second kappa shape index (κ2) is 6.00. The summed E-state index contributed by atoms with van der Waals surface area (Å²) in [4.78, 5) is 12.4. The van der Waals surface area contributed by atoms with Crippen LogP contribution >= 0.6 is 23.2 Å². The molecule has 1 unspecified atom stereocenters. The molecule has 124 valence electrons. The lowest BCUT2D eigenvalue weighted by Crippen LogP contribution is -2.52. The highest BCUT2D eigenvalue weighted by Crippen LogP contribution is 2.41. The number of hydrogen-bond donors (Lipinski definition) is 1. The average Bonchev–Trinajstić information content (AvgIpc) is 3.26. The van der Waals surface area contributed by atoms with Crippen molar-refractivity contribution in [2.75, 3.05) is 0 Å². The second-order valence-corrected chi connectivity index (χ2v) is 6.62. The zero-order chi connectivity index (χ0) is 16.8. The molecule has 1 N–H and O–H groups in total. The summed E-state index contributed by atoms with van der Waals surface area (Å²) in [6, 6.07) is 4.73. The lowest BCUT2D eigenvalue weighted by atomic mass is 10.0. The number of nitrogens with zero attached hydrogens (tertiary/aromatic N) is 2. The van der Waals surface area contributed by atoms with Crippen LogP contribution in [-0.4, -0.2) is 33.9 Å². The molecule has 1 aliphatic heterocycles. The van der Waals surface area contributed by atoms with Gasteiger partial charge in [-0.1, -0.05) is 29.3 Å². The maximum atomic E-state index is 13.3. The summed E-state index contributed by atoms with van der Waals surface area (Å²) < 4.78 is 26.6. The van der Waals surface area contributed by atoms with Gasteiger partial charge in [-0.05, 0) is 36.5 Å². The van der Waals surface area contributed by atoms with Gasteiger partial charge < -0.3 is 5.11 Å². The first-order chi connectivity index (χ1) is 10.8. The van der Waals surface area contributed by atoms with E-state index in [9.17, 15) is 18.7 Å². The molecule has 0 spiro atoms. The molecule has 0 aromatic heterocycles. The molecule has 1 aromatic rings. The van der Waals surface area contributed by atoms with Gasteiger partial charge in [-0.15, -0.1) is 0 Å². The fraction of sp³-hybridized carbons (Fsp3) is 0.467. The molecular weight excluding hydrogens is 349 g/mol. The third-order valence-electron chi connectivity index (χ3n) is 4.06. The quantitative estimate of drug-likeness (QED) is 0.891. The van der Waals surface area contributed by atoms with Gasteiger partial charge in [-0.3, -0.25) is 4.79 Å². The van der Waals surface area contributed by atoms with Gasteiger partial charge in [0.2, 0.25) is 11.6 Å². The fourth-order valence-electron chi connectivity index (χ4n) is 2.60. The van der Waals surface area contributed by atoms with Crippen molar-refractivity contribution in [3.05, 3.63) is 33.8 Å². The van der Waals surface area contributed by atoms with E-state index in [0.717, 1.165) is 12.8 Å². The predicted molar refractivity (Wildman–Crippen MR) is 82.7 cm³/mol. The standard InChI is InChI=1S/C15H14Cl2F2N2O2/c16-10-2-1-3-11(17)9(10)6-13(22)21-15(23,14(18)19)7-12(20-21)8-4-5-8/h1-3,8,14,23H,4-7H2. The minimum atomic E-state index is -3.12. The Morgan fingerprint density at radius 1 is 1.39 bits per heavy atom. The molecular formula is C15H14Cl2F2N2O2. The van der Waals surface area contributed by atoms with E-state index in [1.165, 1.54) is 0 Å². The number of hydrogen-bond acceptors (Lipinski definition) is 3. The maximum absolute atomic E-state index is 13.3. The highest BCUT2D eigenvalue weighted by molar-refractivity contribution is 6.36. The van der Waals surface area contributed by atoms with Gasteiger partial charge in [0.1, 0.15) is 0 Å². The SMILES string of the molecule is O=C(Cc1c(Cl)cccc1Cl)N1N=C(C2CC2)CC1(O)C(F)F. The summed E-state index contributed by atoms with van der Waals surface area (Å²) in [6.07, 6.45) is -2.06. The summed E-state index contributed by atoms with van der Waals surface area (Å²) in [5.41, 5.74) is -1.82. The zero-order valence-electron chi connectivity index (χ0n) is 12.0. The van der Waals surface area contributed by atoms with Crippen molar-refractivity contribution in [1.29, 1.82) is 0 Å². The van der Waals surface area contributed by atoms with Gasteiger partial charge in [0, 0.05) is 22.2 Å². The molecule has 1 fully saturated rings. The normalized spacial score (nSPS) is 24.3. The first-order valence-corrected chi connectivity index (χ1v) is 7.92. The Balaban J connectivity index is 1.87. The third kappa shape index (κ3) is 3.07. The number of alkyl halides is 2. The van der Waals surface area contributed by atoms with E-state index in [4.69, 9.17) is 23.2 Å². The lowest BCUT2D eigenvalue weighted by molar-refractivity contribution is -0.191. The Hall–Kier alpha value is -1.24. The van der Waals surface area contributed by atoms with Crippen LogP contribution in [0.5, 0.6) is 0 Å². The molecule has 1 heterocycles. The molecule has 4 nitrogen and oxygen atoms in total. The van der Waals surface area contributed by atoms with Crippen molar-refractivity contribution in [2.45, 2.75) is 37.8 Å². The summed E-state index contributed by atoms with van der Waals surface area (Å²) in [6.45, 7) is 0. The van der Waals surface area contributed by atoms with E-state index < -0.39 is 18.1 Å². The number of rotatable bonds is 4. The minimum absolute atomic E-state index is 0.0852. The number of halogens is 4. The number of carbonyl (C=O) groups excluding carboxylic acids is 1. The highest BCUT2D eigenvalue weighted by atomic mass is 35.5. The molecule has 1 aliphatic carbocycles. The number of carbonyl (C=O) groups is 1. The van der Waals surface area contributed by atoms with E-state index >= 15 is 0 Å². The molecule has 1 saturated carbocycles. The summed E-state index contributed by atoms with van der Waals surface area (Å²) >= 11 is 12.0. The second-order valence-electron chi connectivity index (χ2n) is 5.80. The van der Waals surface area contributed by atoms with Crippen molar-refractivity contribution in [3.63, 3.8) is 0 Å². The molecule has 1 amide bonds. The van der Waals surface area contributed by atoms with E-state index in [1.807, 2.05) is 0 Å². The Bertz CT molecular complexity index is 659. The Morgan fingerprint density at radius 3 is 2.52 bits per heavy atom. The van der Waals surface area contributed by atoms with Crippen LogP contribution in [-0.2, 0) is 11.2 Å². The molecule has 8 heteroatoms. The highest BCUT2D eigenvalue weighted by Gasteiger charge is 2.53. The number of hydrazone groups is 1. The largest absolute Gasteiger partial charge is 0.364 e. The Morgan fingerprint density at radius 2 is 2.00 bits per heavy atom. The Labute approximate surface area is 141 Å². The van der Waals surface area contributed by atoms with Gasteiger partial charge in [-0.2, -0.15) is 10.1 Å². The summed E-state index contributed by atoms with van der Waals surface area (Å²) in [7, 11) is 0. The van der Waals surface area contributed by atoms with Crippen molar-refractivity contribution < 1.29 is 18.7 Å². The van der Waals surface area contributed by atoms with E-state index in [1.54, 1.807) is 18.2 Å². The first-order valence-electron chi connectivity index (χ1n) is 7.17. The fourth-order valence-corrected chi connectivity index (χ4v) is 3.13. The van der Waals surface area contributed by atoms with Crippen molar-refractivity contribution >= 4 is 34.8 Å². The molecule has 0 bridgehead atoms. The van der Waals surface area contributed by atoms with Crippen molar-refractivity contribution in [2.24, 2.45) is 11.0 Å². The number of aliphatic hydroxyl groups is 1. The molecule has 1 atom stereocenters. The summed E-state index contributed by atoms with van der Waals surface area (Å²) in [5.74, 6) is -0.680. The van der Waals surface area contributed by atoms with Gasteiger partial charge in [-0.25, -0.2) is 8.78 Å². The molecule has 0 saturated heterocycles. The zero-order valence-corrected chi connectivity index (χ0v) is 13.5. The van der Waals surface area contributed by atoms with Crippen LogP contribution < -0.4 is 0 Å². The van der Waals surface area contributed by atoms with Gasteiger partial charge in [0.05, 0.1) is 6.42 Å². The summed E-state index contributed by atoms with van der Waals surface area (Å²) in [5, 5.41) is 15.2. The van der Waals surface area contributed by atoms with Gasteiger partial charge in [0.15, 0.2) is 0 Å². The molecule has 3 rings (SSSR count). The lowest BCUT2D eigenvalue weighted by Gasteiger charge is -2.30. The predicted octanol–water partition coefficient (Wildman–Crippen LogP) is 3.49. The van der Waals surface area contributed by atoms with E-state index in [-0.39, 0.29) is 28.8 Å². The number of amides is 1. The van der Waals surface area contributed by atoms with E-state index in [2.05, 4.69) is 5.10 Å². The molecule has 23 heavy (non-hydrogen) atoms. The monoisotopic (exact) mass is 362 g/mol. The molecule has 2 aliphatic rings. The molecule has 0 radical (unpaired) electrons. The topological polar surface area (TPSA) is 52.9 Å². The van der Waals surface area contributed by atoms with Crippen LogP contribution in [0.4, 0.5) is 8.78 Å². The molecule has 1 aromatic carbocycles.